The van der Waals surface area contributed by atoms with Crippen molar-refractivity contribution in [1.82, 2.24) is 0 Å². The van der Waals surface area contributed by atoms with Gasteiger partial charge in [-0.05, 0) is 5.84 Å². The second-order valence-electron chi connectivity index (χ2n) is 4.65. The lowest BCUT2D eigenvalue weighted by atomic mass is 10.7. The molecule has 4 heteroatoms. The molecule has 0 radical (unpaired) electrons. The van der Waals surface area contributed by atoms with E-state index in [0.29, 0.717) is 6.04 Å². The molecule has 0 N–H and O–H groups in total. The van der Waals surface area contributed by atoms with E-state index >= 15 is 0 Å². The van der Waals surface area contributed by atoms with Crippen LogP contribution in [0.3, 0.4) is 0 Å². The number of amides is 1. The third-order valence-corrected chi connectivity index (χ3v) is 3.31. The van der Waals surface area contributed by atoms with E-state index in [1.165, 1.54) is 0 Å². The lowest BCUT2D eigenvalue weighted by molar-refractivity contribution is -0.115. The molecule has 0 aromatic heterocycles. The van der Waals surface area contributed by atoms with E-state index in [2.05, 4.69) is 37.7 Å². The molecule has 0 saturated carbocycles. The number of hydrogen-bond donors (Lipinski definition) is 0. The normalized spacial score (nSPS) is 12.8. The molecule has 2 nitrogen and oxygen atoms in total. The highest BCUT2D eigenvalue weighted by Gasteiger charge is 2.17. The van der Waals surface area contributed by atoms with Crippen LogP contribution in [0, 0.1) is 0 Å². The average molecular weight is 201 g/mol. The fourth-order valence-corrected chi connectivity index (χ4v) is 2.19. The monoisotopic (exact) mass is 201 g/mol. The summed E-state index contributed by atoms with van der Waals surface area (Å²) >= 11 is 0. The number of aliphatic imine (C=N–C) groups is 1. The molecule has 0 aromatic carbocycles. The first-order valence-corrected chi connectivity index (χ1v) is 11.1. The van der Waals surface area contributed by atoms with Gasteiger partial charge >= 0.3 is 0 Å². The van der Waals surface area contributed by atoms with Gasteiger partial charge in [-0.1, -0.05) is 32.7 Å². The fourth-order valence-electron chi connectivity index (χ4n) is 0.732. The fraction of sp³-hybridized carbons (Fsp3) is 0.750. The second kappa shape index (κ2) is 4.72. The van der Waals surface area contributed by atoms with Gasteiger partial charge in [0.15, 0.2) is 0 Å². The molecule has 0 atom stereocenters. The molecule has 0 spiro atoms. The minimum atomic E-state index is -1.24. The van der Waals surface area contributed by atoms with Crippen LogP contribution in [0.5, 0.6) is 0 Å². The van der Waals surface area contributed by atoms with E-state index in [-0.39, 0.29) is 5.91 Å². The first-order valence-electron chi connectivity index (χ1n) is 4.38. The summed E-state index contributed by atoms with van der Waals surface area (Å²) in [6, 6.07) is 0.685. The Bertz CT molecular complexity index is 182. The summed E-state index contributed by atoms with van der Waals surface area (Å²) < 4.78 is 0. The SMILES string of the molecule is C[SiH](C)C=NC(=O)C[Si](C)(C)C. The predicted molar refractivity (Wildman–Crippen MR) is 60.5 cm³/mol. The van der Waals surface area contributed by atoms with Crippen LogP contribution in [-0.4, -0.2) is 28.6 Å². The second-order valence-corrected chi connectivity index (χ2v) is 12.9. The molecule has 0 unspecified atom stereocenters. The van der Waals surface area contributed by atoms with Crippen LogP contribution >= 0.6 is 0 Å². The zero-order valence-corrected chi connectivity index (χ0v) is 10.9. The van der Waals surface area contributed by atoms with Crippen molar-refractivity contribution in [3.8, 4) is 0 Å². The van der Waals surface area contributed by atoms with E-state index in [9.17, 15) is 4.79 Å². The summed E-state index contributed by atoms with van der Waals surface area (Å²) in [6.07, 6.45) is 0. The Labute approximate surface area is 77.7 Å². The van der Waals surface area contributed by atoms with E-state index in [1.807, 2.05) is 5.84 Å². The molecule has 0 aliphatic carbocycles. The molecule has 0 heterocycles. The van der Waals surface area contributed by atoms with E-state index in [0.717, 1.165) is 0 Å². The zero-order chi connectivity index (χ0) is 9.78. The van der Waals surface area contributed by atoms with Gasteiger partial charge in [0.05, 0.1) is 16.9 Å². The van der Waals surface area contributed by atoms with Gasteiger partial charge in [0.2, 0.25) is 5.91 Å². The van der Waals surface area contributed by atoms with Crippen molar-refractivity contribution in [2.75, 3.05) is 0 Å². The number of carbonyl (C=O) groups excluding carboxylic acids is 1. The van der Waals surface area contributed by atoms with Crippen LogP contribution in [0.1, 0.15) is 0 Å². The van der Waals surface area contributed by atoms with Crippen molar-refractivity contribution in [2.45, 2.75) is 38.8 Å². The standard InChI is InChI=1S/C8H19NOSi2/c1-11(2)7-9-8(10)6-12(3,4)5/h7,11H,6H2,1-5H3. The Morgan fingerprint density at radius 1 is 1.42 bits per heavy atom. The smallest absolute Gasteiger partial charge is 0.242 e. The van der Waals surface area contributed by atoms with Gasteiger partial charge in [0, 0.05) is 6.04 Å². The molecule has 0 saturated heterocycles. The van der Waals surface area contributed by atoms with Crippen LogP contribution < -0.4 is 0 Å². The van der Waals surface area contributed by atoms with Gasteiger partial charge < -0.3 is 0 Å². The van der Waals surface area contributed by atoms with Crippen molar-refractivity contribution in [3.63, 3.8) is 0 Å². The highest BCUT2D eigenvalue weighted by Crippen LogP contribution is 2.08. The van der Waals surface area contributed by atoms with Crippen LogP contribution in [-0.2, 0) is 4.79 Å². The van der Waals surface area contributed by atoms with Crippen LogP contribution in [0.2, 0.25) is 38.8 Å². The average Bonchev–Trinajstić information content (AvgIpc) is 1.79. The summed E-state index contributed by atoms with van der Waals surface area (Å²) in [5.41, 5.74) is 0. The molecule has 0 aliphatic heterocycles. The topological polar surface area (TPSA) is 29.4 Å². The largest absolute Gasteiger partial charge is 0.273 e. The third-order valence-electron chi connectivity index (χ3n) is 1.20. The van der Waals surface area contributed by atoms with Crippen molar-refractivity contribution in [3.05, 3.63) is 0 Å². The molecule has 0 fully saturated rings. The lowest BCUT2D eigenvalue weighted by Gasteiger charge is -2.11. The third kappa shape index (κ3) is 7.88. The zero-order valence-electron chi connectivity index (χ0n) is 8.72. The van der Waals surface area contributed by atoms with E-state index in [4.69, 9.17) is 0 Å². The summed E-state index contributed by atoms with van der Waals surface area (Å²) in [5.74, 6) is 1.94. The maximum atomic E-state index is 11.2. The van der Waals surface area contributed by atoms with Crippen molar-refractivity contribution >= 4 is 28.6 Å². The molecule has 0 bridgehead atoms. The molecule has 70 valence electrons. The van der Waals surface area contributed by atoms with Gasteiger partial charge in [-0.2, -0.15) is 0 Å². The van der Waals surface area contributed by atoms with Crippen molar-refractivity contribution in [1.29, 1.82) is 0 Å². The van der Waals surface area contributed by atoms with E-state index in [1.54, 1.807) is 0 Å². The number of rotatable bonds is 3. The summed E-state index contributed by atoms with van der Waals surface area (Å²) in [5, 5.41) is 0. The van der Waals surface area contributed by atoms with Gasteiger partial charge in [-0.3, -0.25) is 4.79 Å². The molecular weight excluding hydrogens is 182 g/mol. The highest BCUT2D eigenvalue weighted by molar-refractivity contribution is 6.84. The molecule has 0 rings (SSSR count). The maximum absolute atomic E-state index is 11.2. The summed E-state index contributed by atoms with van der Waals surface area (Å²) in [6.45, 7) is 10.9. The summed E-state index contributed by atoms with van der Waals surface area (Å²) in [7, 11) is -2.03. The Balaban J connectivity index is 3.91. The number of hydrogen-bond acceptors (Lipinski definition) is 1. The minimum absolute atomic E-state index is 0.0790. The number of nitrogens with zero attached hydrogens (tertiary/aromatic N) is 1. The first kappa shape index (κ1) is 11.8. The quantitative estimate of drug-likeness (QED) is 0.507. The van der Waals surface area contributed by atoms with Gasteiger partial charge in [-0.25, -0.2) is 4.99 Å². The minimum Gasteiger partial charge on any atom is -0.273 e. The molecule has 12 heavy (non-hydrogen) atoms. The number of carbonyl (C=O) groups is 1. The Hall–Kier alpha value is -0.226. The molecular formula is C8H19NOSi2. The van der Waals surface area contributed by atoms with Gasteiger partial charge in [0.1, 0.15) is 0 Å². The Morgan fingerprint density at radius 3 is 2.25 bits per heavy atom. The molecule has 1 amide bonds. The molecule has 0 aromatic rings. The lowest BCUT2D eigenvalue weighted by Crippen LogP contribution is -2.23. The highest BCUT2D eigenvalue weighted by atomic mass is 28.3. The Morgan fingerprint density at radius 2 is 1.92 bits per heavy atom. The van der Waals surface area contributed by atoms with Gasteiger partial charge in [0.25, 0.3) is 0 Å². The predicted octanol–water partition coefficient (Wildman–Crippen LogP) is 1.95. The van der Waals surface area contributed by atoms with Crippen LogP contribution in [0.25, 0.3) is 0 Å². The first-order chi connectivity index (χ1) is 5.31. The van der Waals surface area contributed by atoms with Crippen LogP contribution in [0.15, 0.2) is 4.99 Å². The maximum Gasteiger partial charge on any atom is 0.242 e. The summed E-state index contributed by atoms with van der Waals surface area (Å²) in [4.78, 5) is 15.2. The van der Waals surface area contributed by atoms with Crippen molar-refractivity contribution < 1.29 is 4.79 Å². The van der Waals surface area contributed by atoms with Crippen molar-refractivity contribution in [2.24, 2.45) is 4.99 Å². The van der Waals surface area contributed by atoms with E-state index < -0.39 is 16.9 Å². The Kier molecular flexibility index (Phi) is 4.63. The van der Waals surface area contributed by atoms with Crippen LogP contribution in [0.4, 0.5) is 0 Å². The molecule has 0 aliphatic rings. The van der Waals surface area contributed by atoms with Gasteiger partial charge in [-0.15, -0.1) is 0 Å².